The fourth-order valence-corrected chi connectivity index (χ4v) is 4.01. The molecule has 0 spiro atoms. The van der Waals surface area contributed by atoms with E-state index in [9.17, 15) is 19.2 Å². The summed E-state index contributed by atoms with van der Waals surface area (Å²) >= 11 is 0. The Bertz CT molecular complexity index is 956. The molecule has 180 valence electrons. The lowest BCUT2D eigenvalue weighted by atomic mass is 9.81. The number of anilines is 4. The first-order valence-electron chi connectivity index (χ1n) is 11.5. The molecule has 0 aliphatic heterocycles. The van der Waals surface area contributed by atoms with Gasteiger partial charge in [-0.2, -0.15) is 0 Å². The summed E-state index contributed by atoms with van der Waals surface area (Å²) in [6.45, 7) is 2.99. The number of carbonyl (C=O) groups is 4. The van der Waals surface area contributed by atoms with Crippen molar-refractivity contribution in [3.8, 4) is 0 Å². The predicted molar refractivity (Wildman–Crippen MR) is 134 cm³/mol. The maximum absolute atomic E-state index is 12.7. The standard InChI is InChI=1S/C26H32N4O4/c1-17(31)29(3)23-13-9-21(10-14-23)27-25(33)19-5-7-20(8-6-19)26(34)28-22-11-15-24(16-12-22)30(4)18(2)32/h9-16,19-20H,5-8H2,1-4H3,(H,27,33)(H,28,34). The Kier molecular flexibility index (Phi) is 8.04. The zero-order chi connectivity index (χ0) is 24.8. The molecule has 0 bridgehead atoms. The molecule has 8 nitrogen and oxygen atoms in total. The second-order valence-electron chi connectivity index (χ2n) is 8.78. The topological polar surface area (TPSA) is 98.8 Å². The molecule has 2 N–H and O–H groups in total. The summed E-state index contributed by atoms with van der Waals surface area (Å²) in [5, 5.41) is 5.88. The van der Waals surface area contributed by atoms with Crippen LogP contribution in [0.2, 0.25) is 0 Å². The van der Waals surface area contributed by atoms with E-state index in [1.807, 2.05) is 0 Å². The molecule has 0 atom stereocenters. The summed E-state index contributed by atoms with van der Waals surface area (Å²) in [6.07, 6.45) is 2.60. The third-order valence-electron chi connectivity index (χ3n) is 6.46. The van der Waals surface area contributed by atoms with E-state index < -0.39 is 0 Å². The van der Waals surface area contributed by atoms with Crippen LogP contribution < -0.4 is 20.4 Å². The van der Waals surface area contributed by atoms with Crippen LogP contribution in [-0.2, 0) is 19.2 Å². The van der Waals surface area contributed by atoms with Crippen LogP contribution in [0.1, 0.15) is 39.5 Å². The molecular formula is C26H32N4O4. The minimum absolute atomic E-state index is 0.0447. The maximum Gasteiger partial charge on any atom is 0.227 e. The van der Waals surface area contributed by atoms with E-state index in [0.717, 1.165) is 11.4 Å². The lowest BCUT2D eigenvalue weighted by Gasteiger charge is -2.27. The van der Waals surface area contributed by atoms with Gasteiger partial charge in [0.2, 0.25) is 23.6 Å². The first-order chi connectivity index (χ1) is 16.2. The molecule has 0 heterocycles. The van der Waals surface area contributed by atoms with Crippen LogP contribution in [0.4, 0.5) is 22.7 Å². The number of carbonyl (C=O) groups excluding carboxylic acids is 4. The third kappa shape index (κ3) is 6.21. The van der Waals surface area contributed by atoms with Gasteiger partial charge in [-0.3, -0.25) is 19.2 Å². The highest BCUT2D eigenvalue weighted by Crippen LogP contribution is 2.31. The van der Waals surface area contributed by atoms with E-state index in [-0.39, 0.29) is 35.5 Å². The maximum atomic E-state index is 12.7. The van der Waals surface area contributed by atoms with Crippen molar-refractivity contribution in [2.75, 3.05) is 34.5 Å². The average molecular weight is 465 g/mol. The second kappa shape index (κ2) is 11.0. The summed E-state index contributed by atoms with van der Waals surface area (Å²) in [4.78, 5) is 51.4. The molecule has 1 fully saturated rings. The molecule has 1 saturated carbocycles. The molecule has 34 heavy (non-hydrogen) atoms. The van der Waals surface area contributed by atoms with Crippen LogP contribution in [0.5, 0.6) is 0 Å². The van der Waals surface area contributed by atoms with Gasteiger partial charge in [-0.25, -0.2) is 0 Å². The zero-order valence-electron chi connectivity index (χ0n) is 20.1. The van der Waals surface area contributed by atoms with E-state index in [2.05, 4.69) is 10.6 Å². The first-order valence-corrected chi connectivity index (χ1v) is 11.5. The van der Waals surface area contributed by atoms with Crippen LogP contribution in [0.15, 0.2) is 48.5 Å². The molecule has 0 unspecified atom stereocenters. The van der Waals surface area contributed by atoms with Crippen molar-refractivity contribution in [3.63, 3.8) is 0 Å². The van der Waals surface area contributed by atoms with Crippen LogP contribution in [0, 0.1) is 11.8 Å². The summed E-state index contributed by atoms with van der Waals surface area (Å²) in [5.41, 5.74) is 2.89. The molecule has 4 amide bonds. The molecule has 0 aromatic heterocycles. The second-order valence-corrected chi connectivity index (χ2v) is 8.78. The summed E-state index contributed by atoms with van der Waals surface area (Å²) in [7, 11) is 3.40. The fourth-order valence-electron chi connectivity index (χ4n) is 4.01. The Hall–Kier alpha value is -3.68. The molecule has 3 rings (SSSR count). The summed E-state index contributed by atoms with van der Waals surface area (Å²) in [6, 6.07) is 14.3. The number of hydrogen-bond acceptors (Lipinski definition) is 4. The Labute approximate surface area is 200 Å². The van der Waals surface area contributed by atoms with Crippen molar-refractivity contribution in [3.05, 3.63) is 48.5 Å². The van der Waals surface area contributed by atoms with Crippen molar-refractivity contribution in [1.82, 2.24) is 0 Å². The van der Waals surface area contributed by atoms with Crippen LogP contribution in [0.3, 0.4) is 0 Å². The van der Waals surface area contributed by atoms with Crippen LogP contribution in [0.25, 0.3) is 0 Å². The molecule has 8 heteroatoms. The van der Waals surface area contributed by atoms with Gasteiger partial charge in [0.05, 0.1) is 0 Å². The highest BCUT2D eigenvalue weighted by molar-refractivity contribution is 5.96. The van der Waals surface area contributed by atoms with Crippen molar-refractivity contribution >= 4 is 46.4 Å². The van der Waals surface area contributed by atoms with E-state index in [0.29, 0.717) is 37.1 Å². The Morgan fingerprint density at radius 1 is 0.618 bits per heavy atom. The Balaban J connectivity index is 1.48. The zero-order valence-corrected chi connectivity index (χ0v) is 20.1. The number of nitrogens with one attached hydrogen (secondary N) is 2. The van der Waals surface area contributed by atoms with E-state index >= 15 is 0 Å². The minimum Gasteiger partial charge on any atom is -0.326 e. The minimum atomic E-state index is -0.134. The van der Waals surface area contributed by atoms with Crippen molar-refractivity contribution in [2.45, 2.75) is 39.5 Å². The number of amides is 4. The van der Waals surface area contributed by atoms with Gasteiger partial charge in [0.15, 0.2) is 0 Å². The van der Waals surface area contributed by atoms with E-state index in [4.69, 9.17) is 0 Å². The van der Waals surface area contributed by atoms with E-state index in [1.165, 1.54) is 23.6 Å². The molecular weight excluding hydrogens is 432 g/mol. The average Bonchev–Trinajstić information content (AvgIpc) is 2.84. The number of nitrogens with zero attached hydrogens (tertiary/aromatic N) is 2. The monoisotopic (exact) mass is 464 g/mol. The number of benzene rings is 2. The number of rotatable bonds is 6. The fraction of sp³-hybridized carbons (Fsp3) is 0.385. The molecule has 0 radical (unpaired) electrons. The lowest BCUT2D eigenvalue weighted by Crippen LogP contribution is -2.32. The number of hydrogen-bond donors (Lipinski definition) is 2. The predicted octanol–water partition coefficient (Wildman–Crippen LogP) is 4.04. The van der Waals surface area contributed by atoms with Gasteiger partial charge < -0.3 is 20.4 Å². The van der Waals surface area contributed by atoms with Gasteiger partial charge in [-0.15, -0.1) is 0 Å². The molecule has 2 aromatic rings. The van der Waals surface area contributed by atoms with Crippen LogP contribution >= 0.6 is 0 Å². The first kappa shape index (κ1) is 25.0. The van der Waals surface area contributed by atoms with Crippen molar-refractivity contribution in [2.24, 2.45) is 11.8 Å². The largest absolute Gasteiger partial charge is 0.326 e. The third-order valence-corrected chi connectivity index (χ3v) is 6.46. The van der Waals surface area contributed by atoms with Gasteiger partial charge in [0, 0.05) is 62.5 Å². The normalized spacial score (nSPS) is 17.4. The Morgan fingerprint density at radius 3 is 1.18 bits per heavy atom. The highest BCUT2D eigenvalue weighted by atomic mass is 16.2. The molecule has 1 aliphatic carbocycles. The van der Waals surface area contributed by atoms with Gasteiger partial charge >= 0.3 is 0 Å². The Morgan fingerprint density at radius 2 is 0.912 bits per heavy atom. The molecule has 0 saturated heterocycles. The van der Waals surface area contributed by atoms with Crippen molar-refractivity contribution < 1.29 is 19.2 Å². The van der Waals surface area contributed by atoms with Gasteiger partial charge in [0.25, 0.3) is 0 Å². The van der Waals surface area contributed by atoms with Crippen molar-refractivity contribution in [1.29, 1.82) is 0 Å². The van der Waals surface area contributed by atoms with Gasteiger partial charge in [-0.1, -0.05) is 0 Å². The van der Waals surface area contributed by atoms with E-state index in [1.54, 1.807) is 62.6 Å². The SMILES string of the molecule is CC(=O)N(C)c1ccc(NC(=O)C2CCC(C(=O)Nc3ccc(N(C)C(C)=O)cc3)CC2)cc1. The van der Waals surface area contributed by atoms with Gasteiger partial charge in [-0.05, 0) is 74.2 Å². The van der Waals surface area contributed by atoms with Gasteiger partial charge in [0.1, 0.15) is 0 Å². The smallest absolute Gasteiger partial charge is 0.227 e. The lowest BCUT2D eigenvalue weighted by molar-refractivity contribution is -0.125. The summed E-state index contributed by atoms with van der Waals surface area (Å²) in [5.74, 6) is -0.478. The molecule has 1 aliphatic rings. The quantitative estimate of drug-likeness (QED) is 0.674. The summed E-state index contributed by atoms with van der Waals surface area (Å²) < 4.78 is 0. The van der Waals surface area contributed by atoms with Crippen LogP contribution in [-0.4, -0.2) is 37.7 Å². The molecule has 2 aromatic carbocycles. The highest BCUT2D eigenvalue weighted by Gasteiger charge is 2.30.